The zero-order valence-electron chi connectivity index (χ0n) is 17.8. The number of rotatable bonds is 11. The minimum absolute atomic E-state index is 0.138. The highest BCUT2D eigenvalue weighted by Crippen LogP contribution is 2.24. The molecule has 28 heavy (non-hydrogen) atoms. The molecule has 0 aliphatic carbocycles. The van der Waals surface area contributed by atoms with E-state index in [0.717, 1.165) is 63.1 Å². The Kier molecular flexibility index (Phi) is 10.1. The molecule has 7 nitrogen and oxygen atoms in total. The summed E-state index contributed by atoms with van der Waals surface area (Å²) in [5, 5.41) is 6.71. The highest BCUT2D eigenvalue weighted by atomic mass is 16.5. The molecular formula is C21H36N4O3. The zero-order chi connectivity index (χ0) is 20.2. The lowest BCUT2D eigenvalue weighted by Crippen LogP contribution is -2.41. The van der Waals surface area contributed by atoms with E-state index in [-0.39, 0.29) is 6.10 Å². The third-order valence-electron chi connectivity index (χ3n) is 4.62. The van der Waals surface area contributed by atoms with E-state index in [1.54, 1.807) is 7.11 Å². The number of ether oxygens (including phenoxy) is 3. The standard InChI is InChI=1S/C21H36N4O3/c1-5-22-21(23-9-10-25(3)11-13-26-4)24-15-18-7-6-17(2)14-20(18)28-19-8-12-27-16-19/h6-7,14,19H,5,8-13,15-16H2,1-4H3,(H2,22,23,24). The maximum atomic E-state index is 6.18. The number of benzene rings is 1. The molecule has 1 fully saturated rings. The Morgan fingerprint density at radius 1 is 1.32 bits per heavy atom. The number of hydrogen-bond donors (Lipinski definition) is 2. The number of aliphatic imine (C=N–C) groups is 1. The van der Waals surface area contributed by atoms with Gasteiger partial charge in [-0.15, -0.1) is 0 Å². The number of likely N-dealkylation sites (N-methyl/N-ethyl adjacent to an activating group) is 1. The van der Waals surface area contributed by atoms with E-state index in [4.69, 9.17) is 19.2 Å². The lowest BCUT2D eigenvalue weighted by Gasteiger charge is -2.18. The van der Waals surface area contributed by atoms with Crippen molar-refractivity contribution < 1.29 is 14.2 Å². The molecule has 0 bridgehead atoms. The predicted molar refractivity (Wildman–Crippen MR) is 113 cm³/mol. The first-order chi connectivity index (χ1) is 13.6. The van der Waals surface area contributed by atoms with Crippen LogP contribution in [0.25, 0.3) is 0 Å². The van der Waals surface area contributed by atoms with E-state index in [1.165, 1.54) is 5.56 Å². The average molecular weight is 393 g/mol. The van der Waals surface area contributed by atoms with Crippen LogP contribution in [0.1, 0.15) is 24.5 Å². The molecule has 0 spiro atoms. The largest absolute Gasteiger partial charge is 0.488 e. The van der Waals surface area contributed by atoms with Crippen molar-refractivity contribution in [1.29, 1.82) is 0 Å². The Bertz CT molecular complexity index is 603. The highest BCUT2D eigenvalue weighted by Gasteiger charge is 2.18. The van der Waals surface area contributed by atoms with Gasteiger partial charge in [-0.3, -0.25) is 0 Å². The van der Waals surface area contributed by atoms with Crippen LogP contribution in [0.3, 0.4) is 0 Å². The van der Waals surface area contributed by atoms with Gasteiger partial charge in [-0.25, -0.2) is 4.99 Å². The fourth-order valence-electron chi connectivity index (χ4n) is 2.92. The maximum Gasteiger partial charge on any atom is 0.191 e. The molecule has 0 saturated carbocycles. The summed E-state index contributed by atoms with van der Waals surface area (Å²) in [7, 11) is 3.82. The van der Waals surface area contributed by atoms with Gasteiger partial charge in [-0.05, 0) is 32.5 Å². The molecule has 1 aromatic carbocycles. The lowest BCUT2D eigenvalue weighted by molar-refractivity contribution is 0.140. The van der Waals surface area contributed by atoms with Gasteiger partial charge >= 0.3 is 0 Å². The van der Waals surface area contributed by atoms with Gasteiger partial charge in [0.1, 0.15) is 11.9 Å². The first-order valence-electron chi connectivity index (χ1n) is 10.2. The van der Waals surface area contributed by atoms with Crippen molar-refractivity contribution >= 4 is 5.96 Å². The van der Waals surface area contributed by atoms with Crippen molar-refractivity contribution in [3.63, 3.8) is 0 Å². The molecule has 0 aromatic heterocycles. The smallest absolute Gasteiger partial charge is 0.191 e. The second kappa shape index (κ2) is 12.6. The third kappa shape index (κ3) is 8.04. The number of guanidine groups is 1. The number of nitrogens with one attached hydrogen (secondary N) is 2. The van der Waals surface area contributed by atoms with Crippen molar-refractivity contribution in [3.8, 4) is 5.75 Å². The number of methoxy groups -OCH3 is 1. The molecule has 158 valence electrons. The van der Waals surface area contributed by atoms with Crippen molar-refractivity contribution in [2.75, 3.05) is 60.2 Å². The molecule has 0 radical (unpaired) electrons. The SMILES string of the molecule is CCNC(=NCc1ccc(C)cc1OC1CCOC1)NCCN(C)CCOC. The quantitative estimate of drug-likeness (QED) is 0.442. The zero-order valence-corrected chi connectivity index (χ0v) is 17.8. The molecular weight excluding hydrogens is 356 g/mol. The molecule has 7 heteroatoms. The van der Waals surface area contributed by atoms with Gasteiger partial charge in [-0.1, -0.05) is 12.1 Å². The summed E-state index contributed by atoms with van der Waals surface area (Å²) in [6.45, 7) is 10.4. The average Bonchev–Trinajstić information content (AvgIpc) is 3.18. The molecule has 1 saturated heterocycles. The monoisotopic (exact) mass is 392 g/mol. The minimum Gasteiger partial charge on any atom is -0.488 e. The summed E-state index contributed by atoms with van der Waals surface area (Å²) >= 11 is 0. The molecule has 1 aliphatic rings. The van der Waals surface area contributed by atoms with Crippen LogP contribution >= 0.6 is 0 Å². The van der Waals surface area contributed by atoms with Gasteiger partial charge in [0.15, 0.2) is 5.96 Å². The number of nitrogens with zero attached hydrogens (tertiary/aromatic N) is 2. The lowest BCUT2D eigenvalue weighted by atomic mass is 10.1. The predicted octanol–water partition coefficient (Wildman–Crippen LogP) is 1.80. The van der Waals surface area contributed by atoms with E-state index < -0.39 is 0 Å². The molecule has 1 aromatic rings. The summed E-state index contributed by atoms with van der Waals surface area (Å²) in [6.07, 6.45) is 1.08. The van der Waals surface area contributed by atoms with E-state index in [1.807, 2.05) is 0 Å². The fourth-order valence-corrected chi connectivity index (χ4v) is 2.92. The Morgan fingerprint density at radius 3 is 2.89 bits per heavy atom. The van der Waals surface area contributed by atoms with E-state index in [0.29, 0.717) is 13.2 Å². The van der Waals surface area contributed by atoms with Gasteiger partial charge in [0, 0.05) is 45.3 Å². The number of hydrogen-bond acceptors (Lipinski definition) is 5. The van der Waals surface area contributed by atoms with Crippen LogP contribution in [-0.2, 0) is 16.0 Å². The molecule has 1 unspecified atom stereocenters. The topological polar surface area (TPSA) is 67.4 Å². The van der Waals surface area contributed by atoms with Crippen molar-refractivity contribution in [2.45, 2.75) is 32.9 Å². The molecule has 1 atom stereocenters. The van der Waals surface area contributed by atoms with E-state index >= 15 is 0 Å². The van der Waals surface area contributed by atoms with Crippen LogP contribution in [0.5, 0.6) is 5.75 Å². The van der Waals surface area contributed by atoms with Gasteiger partial charge in [0.05, 0.1) is 26.4 Å². The Labute approximate surface area is 169 Å². The van der Waals surface area contributed by atoms with Crippen LogP contribution in [0.2, 0.25) is 0 Å². The van der Waals surface area contributed by atoms with Crippen LogP contribution in [0, 0.1) is 6.92 Å². The Hall–Kier alpha value is -1.83. The van der Waals surface area contributed by atoms with Crippen molar-refractivity contribution in [3.05, 3.63) is 29.3 Å². The van der Waals surface area contributed by atoms with Crippen LogP contribution in [0.4, 0.5) is 0 Å². The Morgan fingerprint density at radius 2 is 2.18 bits per heavy atom. The highest BCUT2D eigenvalue weighted by molar-refractivity contribution is 5.79. The summed E-state index contributed by atoms with van der Waals surface area (Å²) < 4.78 is 16.7. The molecule has 1 aliphatic heterocycles. The van der Waals surface area contributed by atoms with Crippen LogP contribution < -0.4 is 15.4 Å². The minimum atomic E-state index is 0.138. The number of aryl methyl sites for hydroxylation is 1. The van der Waals surface area contributed by atoms with Gasteiger partial charge in [0.2, 0.25) is 0 Å². The van der Waals surface area contributed by atoms with Gasteiger partial charge in [0.25, 0.3) is 0 Å². The maximum absolute atomic E-state index is 6.18. The van der Waals surface area contributed by atoms with Crippen molar-refractivity contribution in [2.24, 2.45) is 4.99 Å². The third-order valence-corrected chi connectivity index (χ3v) is 4.62. The summed E-state index contributed by atoms with van der Waals surface area (Å²) in [5.41, 5.74) is 2.28. The molecule has 2 N–H and O–H groups in total. The Balaban J connectivity index is 1.93. The van der Waals surface area contributed by atoms with E-state index in [9.17, 15) is 0 Å². The van der Waals surface area contributed by atoms with E-state index in [2.05, 4.69) is 54.6 Å². The van der Waals surface area contributed by atoms with Gasteiger partial charge < -0.3 is 29.7 Å². The first-order valence-corrected chi connectivity index (χ1v) is 10.2. The second-order valence-electron chi connectivity index (χ2n) is 7.13. The van der Waals surface area contributed by atoms with Crippen LogP contribution in [-0.4, -0.2) is 77.1 Å². The fraction of sp³-hybridized carbons (Fsp3) is 0.667. The normalized spacial score (nSPS) is 17.2. The summed E-state index contributed by atoms with van der Waals surface area (Å²) in [4.78, 5) is 6.98. The van der Waals surface area contributed by atoms with Gasteiger partial charge in [-0.2, -0.15) is 0 Å². The molecule has 2 rings (SSSR count). The van der Waals surface area contributed by atoms with Crippen LogP contribution in [0.15, 0.2) is 23.2 Å². The molecule has 1 heterocycles. The van der Waals surface area contributed by atoms with Crippen molar-refractivity contribution in [1.82, 2.24) is 15.5 Å². The summed E-state index contributed by atoms with van der Waals surface area (Å²) in [6, 6.07) is 6.30. The molecule has 0 amide bonds. The summed E-state index contributed by atoms with van der Waals surface area (Å²) in [5.74, 6) is 1.73. The first kappa shape index (κ1) is 22.5. The second-order valence-corrected chi connectivity index (χ2v) is 7.13.